The van der Waals surface area contributed by atoms with Crippen LogP contribution in [0.1, 0.15) is 64.6 Å². The molecule has 0 spiro atoms. The van der Waals surface area contributed by atoms with Gasteiger partial charge in [-0.2, -0.15) is 31.4 Å². The summed E-state index contributed by atoms with van der Waals surface area (Å²) in [6.45, 7) is 1.99. The minimum atomic E-state index is -4.93. The molecule has 4 aromatic rings. The third-order valence-electron chi connectivity index (χ3n) is 8.70. The van der Waals surface area contributed by atoms with Crippen molar-refractivity contribution < 1.29 is 31.1 Å². The molecule has 3 heterocycles. The van der Waals surface area contributed by atoms with Gasteiger partial charge in [-0.25, -0.2) is 4.98 Å². The Labute approximate surface area is 244 Å². The average molecular weight is 601 g/mol. The highest BCUT2D eigenvalue weighted by Gasteiger charge is 2.60. The van der Waals surface area contributed by atoms with Gasteiger partial charge in [-0.15, -0.1) is 0 Å². The molecule has 1 aromatic heterocycles. The van der Waals surface area contributed by atoms with Crippen LogP contribution in [0.25, 0.3) is 0 Å². The molecule has 2 saturated heterocycles. The van der Waals surface area contributed by atoms with E-state index in [1.165, 1.54) is 0 Å². The van der Waals surface area contributed by atoms with Crippen molar-refractivity contribution >= 4 is 0 Å². The number of ether oxygens (including phenoxy) is 1. The normalized spacial score (nSPS) is 24.4. The van der Waals surface area contributed by atoms with Crippen molar-refractivity contribution in [2.45, 2.75) is 75.3 Å². The Morgan fingerprint density at radius 2 is 1.49 bits per heavy atom. The Kier molecular flexibility index (Phi) is 7.58. The van der Waals surface area contributed by atoms with E-state index in [1.807, 2.05) is 67.6 Å². The summed E-state index contributed by atoms with van der Waals surface area (Å²) in [4.78, 5) is 7.05. The summed E-state index contributed by atoms with van der Waals surface area (Å²) >= 11 is 0. The molecule has 2 aliphatic heterocycles. The fourth-order valence-electron chi connectivity index (χ4n) is 6.90. The van der Waals surface area contributed by atoms with Gasteiger partial charge in [-0.3, -0.25) is 10.00 Å². The predicted molar refractivity (Wildman–Crippen MR) is 147 cm³/mol. The van der Waals surface area contributed by atoms with E-state index < -0.39 is 41.7 Å². The van der Waals surface area contributed by atoms with Crippen LogP contribution in [0.5, 0.6) is 0 Å². The van der Waals surface area contributed by atoms with Crippen LogP contribution in [0.4, 0.5) is 26.3 Å². The van der Waals surface area contributed by atoms with E-state index in [2.05, 4.69) is 20.1 Å². The molecule has 3 aromatic carbocycles. The predicted octanol–water partition coefficient (Wildman–Crippen LogP) is 7.78. The Morgan fingerprint density at radius 1 is 0.860 bits per heavy atom. The second-order valence-electron chi connectivity index (χ2n) is 11.3. The molecule has 0 amide bonds. The number of hydrogen-bond acceptors (Lipinski definition) is 4. The monoisotopic (exact) mass is 600 g/mol. The number of rotatable bonds is 7. The van der Waals surface area contributed by atoms with Crippen LogP contribution in [0.3, 0.4) is 0 Å². The molecule has 0 unspecified atom stereocenters. The minimum absolute atomic E-state index is 0.0379. The number of aryl methyl sites for hydroxylation is 1. The topological polar surface area (TPSA) is 54.0 Å². The minimum Gasteiger partial charge on any atom is -0.371 e. The second-order valence-corrected chi connectivity index (χ2v) is 11.3. The SMILES string of the molecule is Cc1n[nH]c([C@@H]2C[C@@]3(c4ccccc4)[C@H](OCc4cc(C(F)(F)F)cc(C(F)(F)F)c4)CC[C@@H]2N3Cc2ccccc2)n1. The van der Waals surface area contributed by atoms with E-state index >= 15 is 0 Å². The first-order chi connectivity index (χ1) is 20.4. The Balaban J connectivity index is 1.41. The van der Waals surface area contributed by atoms with Crippen molar-refractivity contribution in [3.05, 3.63) is 118 Å². The number of H-pyrrole nitrogens is 1. The molecule has 5 nitrogen and oxygen atoms in total. The summed E-state index contributed by atoms with van der Waals surface area (Å²) in [6, 6.07) is 21.4. The highest BCUT2D eigenvalue weighted by molar-refractivity contribution is 5.36. The molecular weight excluding hydrogens is 570 g/mol. The van der Waals surface area contributed by atoms with Crippen LogP contribution in [-0.4, -0.2) is 32.2 Å². The van der Waals surface area contributed by atoms with Crippen molar-refractivity contribution in [1.29, 1.82) is 0 Å². The van der Waals surface area contributed by atoms with Crippen LogP contribution >= 0.6 is 0 Å². The number of aromatic nitrogens is 3. The van der Waals surface area contributed by atoms with Gasteiger partial charge in [0.25, 0.3) is 0 Å². The number of alkyl halides is 6. The summed E-state index contributed by atoms with van der Waals surface area (Å²) in [5.74, 6) is 1.34. The van der Waals surface area contributed by atoms with Crippen molar-refractivity contribution in [2.75, 3.05) is 0 Å². The van der Waals surface area contributed by atoms with Crippen molar-refractivity contribution in [3.8, 4) is 0 Å². The number of nitrogens with zero attached hydrogens (tertiary/aromatic N) is 3. The molecule has 1 N–H and O–H groups in total. The number of nitrogens with one attached hydrogen (secondary N) is 1. The molecule has 2 bridgehead atoms. The summed E-state index contributed by atoms with van der Waals surface area (Å²) in [5, 5.41) is 7.35. The molecule has 226 valence electrons. The van der Waals surface area contributed by atoms with Crippen molar-refractivity contribution in [3.63, 3.8) is 0 Å². The number of aromatic amines is 1. The smallest absolute Gasteiger partial charge is 0.371 e. The molecule has 6 rings (SSSR count). The van der Waals surface area contributed by atoms with E-state index in [0.717, 1.165) is 29.1 Å². The average Bonchev–Trinajstić information content (AvgIpc) is 3.49. The Bertz CT molecular complexity index is 1520. The van der Waals surface area contributed by atoms with Gasteiger partial charge in [-0.1, -0.05) is 60.7 Å². The lowest BCUT2D eigenvalue weighted by molar-refractivity contribution is -0.143. The lowest BCUT2D eigenvalue weighted by atomic mass is 9.78. The third kappa shape index (κ3) is 5.68. The van der Waals surface area contributed by atoms with E-state index in [-0.39, 0.29) is 23.6 Å². The third-order valence-corrected chi connectivity index (χ3v) is 8.70. The maximum atomic E-state index is 13.6. The highest BCUT2D eigenvalue weighted by atomic mass is 19.4. The molecule has 0 radical (unpaired) electrons. The molecule has 11 heteroatoms. The fourth-order valence-corrected chi connectivity index (χ4v) is 6.90. The zero-order valence-electron chi connectivity index (χ0n) is 23.3. The molecular formula is C32H30F6N4O. The van der Waals surface area contributed by atoms with Gasteiger partial charge >= 0.3 is 12.4 Å². The van der Waals surface area contributed by atoms with Gasteiger partial charge in [0.05, 0.1) is 29.4 Å². The Hall–Kier alpha value is -3.70. The van der Waals surface area contributed by atoms with Crippen molar-refractivity contribution in [2.24, 2.45) is 0 Å². The molecule has 2 fully saturated rings. The van der Waals surface area contributed by atoms with Crippen LogP contribution in [-0.2, 0) is 35.8 Å². The van der Waals surface area contributed by atoms with Gasteiger partial charge < -0.3 is 4.74 Å². The van der Waals surface area contributed by atoms with Crippen LogP contribution < -0.4 is 0 Å². The molecule has 4 atom stereocenters. The summed E-state index contributed by atoms with van der Waals surface area (Å²) in [5.41, 5.74) is -1.55. The second kappa shape index (κ2) is 11.1. The molecule has 2 aliphatic rings. The van der Waals surface area contributed by atoms with Gasteiger partial charge in [0.15, 0.2) is 0 Å². The zero-order chi connectivity index (χ0) is 30.4. The molecule has 0 saturated carbocycles. The van der Waals surface area contributed by atoms with Gasteiger partial charge in [0.2, 0.25) is 0 Å². The number of piperidine rings is 1. The van der Waals surface area contributed by atoms with Crippen LogP contribution in [0, 0.1) is 6.92 Å². The zero-order valence-corrected chi connectivity index (χ0v) is 23.3. The highest BCUT2D eigenvalue weighted by Crippen LogP contribution is 2.57. The number of halogens is 6. The number of hydrogen-bond donors (Lipinski definition) is 1. The van der Waals surface area contributed by atoms with E-state index in [0.29, 0.717) is 31.6 Å². The van der Waals surface area contributed by atoms with E-state index in [1.54, 1.807) is 0 Å². The quantitative estimate of drug-likeness (QED) is 0.220. The van der Waals surface area contributed by atoms with Crippen molar-refractivity contribution in [1.82, 2.24) is 20.1 Å². The number of benzene rings is 3. The summed E-state index contributed by atoms with van der Waals surface area (Å²) in [7, 11) is 0. The maximum absolute atomic E-state index is 13.6. The number of fused-ring (bicyclic) bond motifs is 2. The molecule has 43 heavy (non-hydrogen) atoms. The first-order valence-corrected chi connectivity index (χ1v) is 14.1. The van der Waals surface area contributed by atoms with Gasteiger partial charge in [-0.05, 0) is 61.1 Å². The lowest BCUT2D eigenvalue weighted by Crippen LogP contribution is -2.56. The van der Waals surface area contributed by atoms with Crippen LogP contribution in [0.15, 0.2) is 78.9 Å². The van der Waals surface area contributed by atoms with E-state index in [4.69, 9.17) is 4.74 Å². The summed E-state index contributed by atoms with van der Waals surface area (Å²) < 4.78 is 87.9. The Morgan fingerprint density at radius 3 is 2.07 bits per heavy atom. The lowest BCUT2D eigenvalue weighted by Gasteiger charge is -2.50. The van der Waals surface area contributed by atoms with E-state index in [9.17, 15) is 26.3 Å². The summed E-state index contributed by atoms with van der Waals surface area (Å²) in [6.07, 6.45) is -8.52. The van der Waals surface area contributed by atoms with Gasteiger partial charge in [0.1, 0.15) is 11.6 Å². The van der Waals surface area contributed by atoms with Crippen LogP contribution in [0.2, 0.25) is 0 Å². The first kappa shape index (κ1) is 29.4. The first-order valence-electron chi connectivity index (χ1n) is 14.1. The standard InChI is InChI=1S/C32H30F6N4O/c1-20-39-29(41-40-20)26-17-30(23-10-6-3-7-11-23)28(13-12-27(26)42(30)18-21-8-4-2-5-9-21)43-19-22-14-24(31(33,34)35)16-25(15-22)32(36,37)38/h2-11,14-16,26-28H,12-13,17-19H2,1H3,(H,39,40,41)/t26-,27+,28-,30-/m1/s1. The maximum Gasteiger partial charge on any atom is 0.416 e. The van der Waals surface area contributed by atoms with Gasteiger partial charge in [0, 0.05) is 18.5 Å². The molecule has 0 aliphatic carbocycles. The fraction of sp³-hybridized carbons (Fsp3) is 0.375. The largest absolute Gasteiger partial charge is 0.416 e.